The van der Waals surface area contributed by atoms with Crippen molar-refractivity contribution >= 4 is 5.91 Å². The van der Waals surface area contributed by atoms with E-state index in [1.54, 1.807) is 0 Å². The third-order valence-electron chi connectivity index (χ3n) is 3.24. The van der Waals surface area contributed by atoms with E-state index in [0.29, 0.717) is 5.92 Å². The molecule has 1 aliphatic rings. The Hall–Kier alpha value is -1.31. The van der Waals surface area contributed by atoms with Crippen molar-refractivity contribution < 1.29 is 4.79 Å². The first kappa shape index (κ1) is 11.2. The Labute approximate surface area is 97.3 Å². The van der Waals surface area contributed by atoms with Crippen molar-refractivity contribution in [1.29, 1.82) is 0 Å². The van der Waals surface area contributed by atoms with E-state index >= 15 is 0 Å². The molecule has 0 N–H and O–H groups in total. The molecule has 0 unspecified atom stereocenters. The molecule has 1 atom stereocenters. The lowest BCUT2D eigenvalue weighted by atomic mass is 9.99. The normalized spacial score (nSPS) is 20.9. The van der Waals surface area contributed by atoms with Gasteiger partial charge in [0.2, 0.25) is 0 Å². The Morgan fingerprint density at radius 2 is 2.00 bits per heavy atom. The Balaban J connectivity index is 2.09. The molecule has 2 rings (SSSR count). The van der Waals surface area contributed by atoms with Gasteiger partial charge >= 0.3 is 0 Å². The highest BCUT2D eigenvalue weighted by Gasteiger charge is 2.21. The van der Waals surface area contributed by atoms with Crippen molar-refractivity contribution in [2.45, 2.75) is 26.7 Å². The molecule has 1 amide bonds. The maximum absolute atomic E-state index is 12.2. The number of nitrogens with zero attached hydrogens (tertiary/aromatic N) is 1. The monoisotopic (exact) mass is 217 g/mol. The van der Waals surface area contributed by atoms with Crippen LogP contribution in [0.15, 0.2) is 24.3 Å². The zero-order valence-corrected chi connectivity index (χ0v) is 10.1. The second-order valence-corrected chi connectivity index (χ2v) is 4.86. The number of likely N-dealkylation sites (tertiary alicyclic amines) is 1. The fourth-order valence-electron chi connectivity index (χ4n) is 2.25. The van der Waals surface area contributed by atoms with Gasteiger partial charge in [0.1, 0.15) is 0 Å². The molecule has 0 radical (unpaired) electrons. The van der Waals surface area contributed by atoms with Crippen molar-refractivity contribution in [3.63, 3.8) is 0 Å². The summed E-state index contributed by atoms with van der Waals surface area (Å²) in [6.45, 7) is 6.08. The lowest BCUT2D eigenvalue weighted by molar-refractivity contribution is 0.0683. The topological polar surface area (TPSA) is 20.3 Å². The fraction of sp³-hybridized carbons (Fsp3) is 0.500. The quantitative estimate of drug-likeness (QED) is 0.708. The van der Waals surface area contributed by atoms with Gasteiger partial charge in [0.15, 0.2) is 0 Å². The highest BCUT2D eigenvalue weighted by Crippen LogP contribution is 2.18. The van der Waals surface area contributed by atoms with Crippen LogP contribution in [0.5, 0.6) is 0 Å². The van der Waals surface area contributed by atoms with Gasteiger partial charge in [-0.3, -0.25) is 4.79 Å². The summed E-state index contributed by atoms with van der Waals surface area (Å²) >= 11 is 0. The van der Waals surface area contributed by atoms with Gasteiger partial charge in [-0.15, -0.1) is 0 Å². The summed E-state index contributed by atoms with van der Waals surface area (Å²) in [5, 5.41) is 0. The average molecular weight is 217 g/mol. The van der Waals surface area contributed by atoms with Crippen LogP contribution in [0, 0.1) is 12.8 Å². The van der Waals surface area contributed by atoms with E-state index in [0.717, 1.165) is 25.1 Å². The van der Waals surface area contributed by atoms with Gasteiger partial charge in [-0.1, -0.05) is 24.6 Å². The summed E-state index contributed by atoms with van der Waals surface area (Å²) in [5.74, 6) is 0.828. The van der Waals surface area contributed by atoms with Crippen LogP contribution in [0.3, 0.4) is 0 Å². The van der Waals surface area contributed by atoms with Crippen LogP contribution in [0.25, 0.3) is 0 Å². The van der Waals surface area contributed by atoms with Crippen molar-refractivity contribution in [3.05, 3.63) is 35.4 Å². The molecule has 1 aliphatic heterocycles. The smallest absolute Gasteiger partial charge is 0.253 e. The molecule has 0 saturated carbocycles. The lowest BCUT2D eigenvalue weighted by Gasteiger charge is -2.31. The van der Waals surface area contributed by atoms with Crippen LogP contribution in [-0.2, 0) is 0 Å². The molecule has 2 heteroatoms. The third kappa shape index (κ3) is 2.43. The van der Waals surface area contributed by atoms with Gasteiger partial charge < -0.3 is 4.90 Å². The Bertz CT molecular complexity index is 369. The summed E-state index contributed by atoms with van der Waals surface area (Å²) in [5.41, 5.74) is 2.02. The van der Waals surface area contributed by atoms with Gasteiger partial charge in [-0.2, -0.15) is 0 Å². The number of piperidine rings is 1. The molecule has 1 heterocycles. The van der Waals surface area contributed by atoms with Gasteiger partial charge in [-0.25, -0.2) is 0 Å². The van der Waals surface area contributed by atoms with Crippen molar-refractivity contribution in [3.8, 4) is 0 Å². The van der Waals surface area contributed by atoms with Crippen LogP contribution >= 0.6 is 0 Å². The number of benzene rings is 1. The number of carbonyl (C=O) groups is 1. The summed E-state index contributed by atoms with van der Waals surface area (Å²) in [6, 6.07) is 7.86. The van der Waals surface area contributed by atoms with E-state index in [9.17, 15) is 4.79 Å². The number of carbonyl (C=O) groups excluding carboxylic acids is 1. The van der Waals surface area contributed by atoms with E-state index in [1.165, 1.54) is 12.0 Å². The van der Waals surface area contributed by atoms with Crippen LogP contribution in [0.2, 0.25) is 0 Å². The molecule has 0 aromatic heterocycles. The van der Waals surface area contributed by atoms with E-state index < -0.39 is 0 Å². The van der Waals surface area contributed by atoms with E-state index in [2.05, 4.69) is 6.92 Å². The van der Waals surface area contributed by atoms with Crippen molar-refractivity contribution in [2.24, 2.45) is 5.92 Å². The number of hydrogen-bond donors (Lipinski definition) is 0. The maximum Gasteiger partial charge on any atom is 0.253 e. The molecular formula is C14H19NO. The molecule has 0 aliphatic carbocycles. The van der Waals surface area contributed by atoms with Gasteiger partial charge in [-0.05, 0) is 37.8 Å². The standard InChI is InChI=1S/C14H19NO/c1-11-5-7-13(8-6-11)14(16)15-9-3-4-12(2)10-15/h5-8,12H,3-4,9-10H2,1-2H3/t12-/m1/s1. The highest BCUT2D eigenvalue weighted by molar-refractivity contribution is 5.94. The Morgan fingerprint density at radius 3 is 2.62 bits per heavy atom. The summed E-state index contributed by atoms with van der Waals surface area (Å²) in [6.07, 6.45) is 2.39. The fourth-order valence-corrected chi connectivity index (χ4v) is 2.25. The maximum atomic E-state index is 12.2. The predicted octanol–water partition coefficient (Wildman–Crippen LogP) is 2.87. The largest absolute Gasteiger partial charge is 0.338 e. The molecule has 2 nitrogen and oxygen atoms in total. The van der Waals surface area contributed by atoms with Crippen molar-refractivity contribution in [2.75, 3.05) is 13.1 Å². The van der Waals surface area contributed by atoms with Crippen molar-refractivity contribution in [1.82, 2.24) is 4.90 Å². The van der Waals surface area contributed by atoms with Crippen LogP contribution < -0.4 is 0 Å². The van der Waals surface area contributed by atoms with E-state index in [4.69, 9.17) is 0 Å². The van der Waals surface area contributed by atoms with Crippen LogP contribution in [0.4, 0.5) is 0 Å². The molecule has 1 aromatic carbocycles. The number of aryl methyl sites for hydroxylation is 1. The molecule has 0 spiro atoms. The molecular weight excluding hydrogens is 198 g/mol. The molecule has 0 bridgehead atoms. The minimum absolute atomic E-state index is 0.187. The Kier molecular flexibility index (Phi) is 3.28. The minimum Gasteiger partial charge on any atom is -0.338 e. The number of rotatable bonds is 1. The molecule has 1 aromatic rings. The first-order valence-electron chi connectivity index (χ1n) is 6.03. The first-order valence-corrected chi connectivity index (χ1v) is 6.03. The SMILES string of the molecule is Cc1ccc(C(=O)N2CCC[C@@H](C)C2)cc1. The zero-order valence-electron chi connectivity index (χ0n) is 10.1. The van der Waals surface area contributed by atoms with Gasteiger partial charge in [0.25, 0.3) is 5.91 Å². The number of hydrogen-bond acceptors (Lipinski definition) is 1. The second kappa shape index (κ2) is 4.69. The average Bonchev–Trinajstić information content (AvgIpc) is 2.29. The Morgan fingerprint density at radius 1 is 1.31 bits per heavy atom. The van der Waals surface area contributed by atoms with Crippen LogP contribution in [-0.4, -0.2) is 23.9 Å². The summed E-state index contributed by atoms with van der Waals surface area (Å²) < 4.78 is 0. The van der Waals surface area contributed by atoms with Crippen LogP contribution in [0.1, 0.15) is 35.7 Å². The molecule has 1 fully saturated rings. The van der Waals surface area contributed by atoms with Gasteiger partial charge in [0.05, 0.1) is 0 Å². The number of amides is 1. The molecule has 1 saturated heterocycles. The summed E-state index contributed by atoms with van der Waals surface area (Å²) in [7, 11) is 0. The first-order chi connectivity index (χ1) is 7.66. The van der Waals surface area contributed by atoms with Gasteiger partial charge in [0, 0.05) is 18.7 Å². The second-order valence-electron chi connectivity index (χ2n) is 4.86. The predicted molar refractivity (Wildman–Crippen MR) is 65.5 cm³/mol. The van der Waals surface area contributed by atoms with E-state index in [-0.39, 0.29) is 5.91 Å². The summed E-state index contributed by atoms with van der Waals surface area (Å²) in [4.78, 5) is 14.2. The zero-order chi connectivity index (χ0) is 11.5. The molecule has 16 heavy (non-hydrogen) atoms. The highest BCUT2D eigenvalue weighted by atomic mass is 16.2. The van der Waals surface area contributed by atoms with E-state index in [1.807, 2.05) is 36.1 Å². The molecule has 86 valence electrons. The lowest BCUT2D eigenvalue weighted by Crippen LogP contribution is -2.39. The minimum atomic E-state index is 0.187. The third-order valence-corrected chi connectivity index (χ3v) is 3.24.